The Morgan fingerprint density at radius 1 is 1.41 bits per heavy atom. The number of carbonyl (C=O) groups is 1. The molecule has 1 aromatic heterocycles. The summed E-state index contributed by atoms with van der Waals surface area (Å²) in [4.78, 5) is 12.7. The maximum absolute atomic E-state index is 12.0. The van der Waals surface area contributed by atoms with Gasteiger partial charge in [-0.1, -0.05) is 19.9 Å². The average Bonchev–Trinajstić information content (AvgIpc) is 2.89. The number of benzene rings is 1. The molecule has 0 fully saturated rings. The van der Waals surface area contributed by atoms with Gasteiger partial charge in [0, 0.05) is 16.0 Å². The van der Waals surface area contributed by atoms with Crippen molar-refractivity contribution in [2.75, 3.05) is 6.61 Å². The number of rotatable bonds is 6. The molecule has 0 saturated carbocycles. The smallest absolute Gasteiger partial charge is 0.347 e. The molecule has 0 aliphatic carbocycles. The Bertz CT molecular complexity index is 694. The van der Waals surface area contributed by atoms with E-state index >= 15 is 0 Å². The topological polar surface area (TPSA) is 85.4 Å². The molecule has 1 aromatic carbocycles. The van der Waals surface area contributed by atoms with Crippen molar-refractivity contribution in [3.8, 4) is 5.75 Å². The number of thiophene rings is 1. The minimum Gasteiger partial charge on any atom is -0.478 e. The van der Waals surface area contributed by atoms with Crippen LogP contribution in [-0.4, -0.2) is 24.5 Å². The summed E-state index contributed by atoms with van der Waals surface area (Å²) in [5.41, 5.74) is 5.54. The van der Waals surface area contributed by atoms with Gasteiger partial charge in [-0.2, -0.15) is 0 Å². The Kier molecular flexibility index (Phi) is 5.03. The van der Waals surface area contributed by atoms with Crippen molar-refractivity contribution in [1.29, 1.82) is 5.41 Å². The summed E-state index contributed by atoms with van der Waals surface area (Å²) in [6, 6.07) is 7.43. The Balaban J connectivity index is 2.36. The molecule has 0 aliphatic heterocycles. The molecule has 1 atom stereocenters. The lowest BCUT2D eigenvalue weighted by Gasteiger charge is -2.21. The van der Waals surface area contributed by atoms with Gasteiger partial charge in [0.25, 0.3) is 0 Å². The number of nitrogen functional groups attached to an aromatic ring is 1. The maximum Gasteiger partial charge on any atom is 0.347 e. The molecule has 0 spiro atoms. The fourth-order valence-corrected chi connectivity index (χ4v) is 3.03. The molecular weight excluding hydrogens is 300 g/mol. The van der Waals surface area contributed by atoms with Gasteiger partial charge in [-0.3, -0.25) is 5.41 Å². The van der Waals surface area contributed by atoms with Crippen molar-refractivity contribution in [3.63, 3.8) is 0 Å². The fourth-order valence-electron chi connectivity index (χ4n) is 2.09. The molecular formula is C16H20N2O3S. The Labute approximate surface area is 133 Å². The van der Waals surface area contributed by atoms with Gasteiger partial charge in [-0.25, -0.2) is 4.79 Å². The number of nitrogens with one attached hydrogen (secondary N) is 1. The van der Waals surface area contributed by atoms with E-state index in [4.69, 9.17) is 20.6 Å². The predicted molar refractivity (Wildman–Crippen MR) is 88.7 cm³/mol. The highest BCUT2D eigenvalue weighted by Gasteiger charge is 2.26. The van der Waals surface area contributed by atoms with Crippen molar-refractivity contribution in [2.24, 2.45) is 11.7 Å². The minimum atomic E-state index is -0.661. The highest BCUT2D eigenvalue weighted by molar-refractivity contribution is 7.20. The van der Waals surface area contributed by atoms with Crippen LogP contribution in [0.25, 0.3) is 10.1 Å². The lowest BCUT2D eigenvalue weighted by molar-refractivity contribution is -0.153. The first-order chi connectivity index (χ1) is 10.4. The first kappa shape index (κ1) is 16.3. The van der Waals surface area contributed by atoms with E-state index in [0.717, 1.165) is 10.1 Å². The summed E-state index contributed by atoms with van der Waals surface area (Å²) in [5.74, 6) is 0.252. The van der Waals surface area contributed by atoms with Gasteiger partial charge >= 0.3 is 5.97 Å². The molecule has 5 nitrogen and oxygen atoms in total. The van der Waals surface area contributed by atoms with E-state index in [9.17, 15) is 4.79 Å². The molecule has 0 bridgehead atoms. The average molecular weight is 320 g/mol. The van der Waals surface area contributed by atoms with Crippen LogP contribution in [0.2, 0.25) is 0 Å². The summed E-state index contributed by atoms with van der Waals surface area (Å²) in [7, 11) is 0. The largest absolute Gasteiger partial charge is 0.478 e. The summed E-state index contributed by atoms with van der Waals surface area (Å²) < 4.78 is 12.0. The minimum absolute atomic E-state index is 0.0137. The molecule has 0 saturated heterocycles. The van der Waals surface area contributed by atoms with Gasteiger partial charge in [0.1, 0.15) is 11.6 Å². The van der Waals surface area contributed by atoms with E-state index in [-0.39, 0.29) is 17.7 Å². The van der Waals surface area contributed by atoms with Crippen molar-refractivity contribution in [1.82, 2.24) is 0 Å². The van der Waals surface area contributed by atoms with Crippen LogP contribution >= 0.6 is 11.3 Å². The van der Waals surface area contributed by atoms with Gasteiger partial charge in [0.05, 0.1) is 11.5 Å². The summed E-state index contributed by atoms with van der Waals surface area (Å²) in [6.07, 6.45) is -0.661. The zero-order valence-electron chi connectivity index (χ0n) is 12.9. The van der Waals surface area contributed by atoms with Crippen LogP contribution in [-0.2, 0) is 9.53 Å². The van der Waals surface area contributed by atoms with Crippen LogP contribution in [0.3, 0.4) is 0 Å². The first-order valence-corrected chi connectivity index (χ1v) is 7.96. The van der Waals surface area contributed by atoms with E-state index in [1.54, 1.807) is 6.92 Å². The monoisotopic (exact) mass is 320 g/mol. The van der Waals surface area contributed by atoms with E-state index in [1.165, 1.54) is 11.3 Å². The van der Waals surface area contributed by atoms with Crippen LogP contribution in [0.5, 0.6) is 5.75 Å². The highest BCUT2D eigenvalue weighted by Crippen LogP contribution is 2.33. The predicted octanol–water partition coefficient (Wildman–Crippen LogP) is 3.15. The highest BCUT2D eigenvalue weighted by atomic mass is 32.1. The van der Waals surface area contributed by atoms with E-state index in [2.05, 4.69) is 0 Å². The van der Waals surface area contributed by atoms with Crippen LogP contribution in [0.4, 0.5) is 0 Å². The van der Waals surface area contributed by atoms with E-state index in [1.807, 2.05) is 38.1 Å². The lowest BCUT2D eigenvalue weighted by Crippen LogP contribution is -2.34. The van der Waals surface area contributed by atoms with Crippen molar-refractivity contribution < 1.29 is 14.3 Å². The van der Waals surface area contributed by atoms with Crippen LogP contribution in [0.15, 0.2) is 24.3 Å². The number of fused-ring (bicyclic) bond motifs is 1. The molecule has 0 amide bonds. The molecule has 2 aromatic rings. The fraction of sp³-hybridized carbons (Fsp3) is 0.375. The van der Waals surface area contributed by atoms with Gasteiger partial charge in [0.2, 0.25) is 0 Å². The second-order valence-corrected chi connectivity index (χ2v) is 6.31. The third-order valence-corrected chi connectivity index (χ3v) is 4.30. The van der Waals surface area contributed by atoms with Gasteiger partial charge < -0.3 is 15.2 Å². The quantitative estimate of drug-likeness (QED) is 0.486. The SMILES string of the molecule is CCOC(=O)C(Oc1cccc2sc(C(=N)N)cc12)C(C)C. The number of hydrogen-bond donors (Lipinski definition) is 2. The summed E-state index contributed by atoms with van der Waals surface area (Å²) >= 11 is 1.43. The summed E-state index contributed by atoms with van der Waals surface area (Å²) in [6.45, 7) is 5.92. The number of ether oxygens (including phenoxy) is 2. The number of hydrogen-bond acceptors (Lipinski definition) is 5. The van der Waals surface area contributed by atoms with Gasteiger partial charge in [0.15, 0.2) is 6.10 Å². The summed E-state index contributed by atoms with van der Waals surface area (Å²) in [5, 5.41) is 8.40. The van der Waals surface area contributed by atoms with Crippen molar-refractivity contribution >= 4 is 33.2 Å². The lowest BCUT2D eigenvalue weighted by atomic mass is 10.1. The maximum atomic E-state index is 12.0. The van der Waals surface area contributed by atoms with Crippen LogP contribution in [0, 0.1) is 11.3 Å². The Morgan fingerprint density at radius 3 is 2.73 bits per heavy atom. The second kappa shape index (κ2) is 6.79. The molecule has 22 heavy (non-hydrogen) atoms. The molecule has 1 heterocycles. The number of esters is 1. The standard InChI is InChI=1S/C16H20N2O3S/c1-4-20-16(19)14(9(2)3)21-11-6-5-7-12-10(11)8-13(22-12)15(17)18/h5-9,14H,4H2,1-3H3,(H3,17,18). The van der Waals surface area contributed by atoms with Gasteiger partial charge in [-0.15, -0.1) is 11.3 Å². The number of amidine groups is 1. The zero-order chi connectivity index (χ0) is 16.3. The molecule has 118 valence electrons. The van der Waals surface area contributed by atoms with Crippen LogP contribution < -0.4 is 10.5 Å². The molecule has 2 rings (SSSR count). The third kappa shape index (κ3) is 3.39. The zero-order valence-corrected chi connectivity index (χ0v) is 13.7. The Morgan fingerprint density at radius 2 is 2.14 bits per heavy atom. The number of carbonyl (C=O) groups excluding carboxylic acids is 1. The molecule has 6 heteroatoms. The van der Waals surface area contributed by atoms with Crippen molar-refractivity contribution in [3.05, 3.63) is 29.1 Å². The van der Waals surface area contributed by atoms with Crippen LogP contribution in [0.1, 0.15) is 25.6 Å². The van der Waals surface area contributed by atoms with E-state index in [0.29, 0.717) is 17.2 Å². The molecule has 1 unspecified atom stereocenters. The molecule has 0 radical (unpaired) electrons. The van der Waals surface area contributed by atoms with Crippen molar-refractivity contribution in [2.45, 2.75) is 26.9 Å². The molecule has 3 N–H and O–H groups in total. The Hall–Kier alpha value is -2.08. The first-order valence-electron chi connectivity index (χ1n) is 7.14. The normalized spacial score (nSPS) is 12.4. The number of nitrogens with two attached hydrogens (primary N) is 1. The van der Waals surface area contributed by atoms with E-state index < -0.39 is 6.10 Å². The second-order valence-electron chi connectivity index (χ2n) is 5.23. The molecule has 0 aliphatic rings. The third-order valence-electron chi connectivity index (χ3n) is 3.17. The van der Waals surface area contributed by atoms with Gasteiger partial charge in [-0.05, 0) is 25.1 Å².